The maximum Gasteiger partial charge on any atom is 0.244 e. The van der Waals surface area contributed by atoms with Gasteiger partial charge in [0.2, 0.25) is 21.8 Å². The minimum atomic E-state index is -3.77. The molecule has 0 bridgehead atoms. The molecule has 0 heterocycles. The Morgan fingerprint density at radius 1 is 1.12 bits per heavy atom. The Kier molecular flexibility index (Phi) is 9.40. The number of nitrogens with one attached hydrogen (secondary N) is 1. The molecule has 0 radical (unpaired) electrons. The van der Waals surface area contributed by atoms with Crippen molar-refractivity contribution in [2.24, 2.45) is 0 Å². The van der Waals surface area contributed by atoms with E-state index in [9.17, 15) is 22.4 Å². The molecule has 2 rings (SSSR count). The van der Waals surface area contributed by atoms with E-state index in [2.05, 4.69) is 5.32 Å². The Balaban J connectivity index is 2.33. The van der Waals surface area contributed by atoms with Gasteiger partial charge in [-0.1, -0.05) is 37.6 Å². The predicted octanol–water partition coefficient (Wildman–Crippen LogP) is 3.23. The number of hydrogen-bond donors (Lipinski definition) is 1. The molecule has 7 nitrogen and oxygen atoms in total. The molecule has 0 aliphatic carbocycles. The number of nitrogens with zero attached hydrogens (tertiary/aromatic N) is 2. The van der Waals surface area contributed by atoms with Crippen molar-refractivity contribution in [3.63, 3.8) is 0 Å². The monoisotopic (exact) mass is 477 g/mol. The summed E-state index contributed by atoms with van der Waals surface area (Å²) >= 11 is 0. The smallest absolute Gasteiger partial charge is 0.244 e. The van der Waals surface area contributed by atoms with Crippen LogP contribution in [0.25, 0.3) is 0 Å². The highest BCUT2D eigenvalue weighted by Crippen LogP contribution is 2.20. The molecule has 33 heavy (non-hydrogen) atoms. The van der Waals surface area contributed by atoms with Crippen molar-refractivity contribution in [2.75, 3.05) is 23.7 Å². The number of unbranched alkanes of at least 4 members (excludes halogenated alkanes) is 1. The molecule has 1 atom stereocenters. The molecule has 0 aliphatic rings. The summed E-state index contributed by atoms with van der Waals surface area (Å²) < 4.78 is 39.4. The van der Waals surface area contributed by atoms with E-state index in [4.69, 9.17) is 0 Å². The molecule has 0 saturated heterocycles. The fourth-order valence-corrected chi connectivity index (χ4v) is 4.14. The molecular weight excluding hydrogens is 445 g/mol. The van der Waals surface area contributed by atoms with Crippen LogP contribution < -0.4 is 9.62 Å². The van der Waals surface area contributed by atoms with Gasteiger partial charge >= 0.3 is 0 Å². The third kappa shape index (κ3) is 7.85. The fraction of sp³-hybridized carbons (Fsp3) is 0.417. The summed E-state index contributed by atoms with van der Waals surface area (Å²) in [6.45, 7) is 5.49. The molecule has 0 unspecified atom stereocenters. The van der Waals surface area contributed by atoms with Gasteiger partial charge in [-0.15, -0.1) is 0 Å². The van der Waals surface area contributed by atoms with Gasteiger partial charge < -0.3 is 10.2 Å². The second-order valence-electron chi connectivity index (χ2n) is 8.08. The minimum absolute atomic E-state index is 0.0346. The third-order valence-corrected chi connectivity index (χ3v) is 6.37. The number of carbonyl (C=O) groups is 2. The minimum Gasteiger partial charge on any atom is -0.354 e. The quantitative estimate of drug-likeness (QED) is 0.504. The zero-order chi connectivity index (χ0) is 24.6. The number of carbonyl (C=O) groups excluding carboxylic acids is 2. The van der Waals surface area contributed by atoms with Crippen LogP contribution in [0.3, 0.4) is 0 Å². The van der Waals surface area contributed by atoms with Gasteiger partial charge in [-0.2, -0.15) is 0 Å². The van der Waals surface area contributed by atoms with Crippen LogP contribution in [-0.2, 0) is 26.2 Å². The zero-order valence-corrected chi connectivity index (χ0v) is 20.4. The zero-order valence-electron chi connectivity index (χ0n) is 19.5. The highest BCUT2D eigenvalue weighted by molar-refractivity contribution is 7.92. The average Bonchev–Trinajstić information content (AvgIpc) is 2.75. The first kappa shape index (κ1) is 26.3. The first-order valence-electron chi connectivity index (χ1n) is 10.9. The number of halogens is 1. The predicted molar refractivity (Wildman–Crippen MR) is 128 cm³/mol. The van der Waals surface area contributed by atoms with E-state index in [0.717, 1.165) is 29.0 Å². The van der Waals surface area contributed by atoms with Crippen molar-refractivity contribution in [1.29, 1.82) is 0 Å². The lowest BCUT2D eigenvalue weighted by Crippen LogP contribution is -2.51. The summed E-state index contributed by atoms with van der Waals surface area (Å²) in [7, 11) is -3.77. The summed E-state index contributed by atoms with van der Waals surface area (Å²) in [6, 6.07) is 11.6. The number of hydrogen-bond acceptors (Lipinski definition) is 4. The van der Waals surface area contributed by atoms with Crippen molar-refractivity contribution < 1.29 is 22.4 Å². The van der Waals surface area contributed by atoms with Crippen LogP contribution >= 0.6 is 0 Å². The lowest BCUT2D eigenvalue weighted by atomic mass is 10.1. The molecule has 0 saturated carbocycles. The Labute approximate surface area is 195 Å². The van der Waals surface area contributed by atoms with E-state index >= 15 is 0 Å². The maximum absolute atomic E-state index is 13.4. The summed E-state index contributed by atoms with van der Waals surface area (Å²) in [6.07, 6.45) is 2.75. The van der Waals surface area contributed by atoms with Crippen molar-refractivity contribution in [2.45, 2.75) is 46.2 Å². The summed E-state index contributed by atoms with van der Waals surface area (Å²) in [5, 5.41) is 2.81. The Bertz CT molecular complexity index is 1060. The van der Waals surface area contributed by atoms with E-state index in [-0.39, 0.29) is 12.5 Å². The summed E-state index contributed by atoms with van der Waals surface area (Å²) in [5.41, 5.74) is 1.84. The molecule has 0 aliphatic heterocycles. The molecular formula is C24H32FN3O4S. The van der Waals surface area contributed by atoms with Crippen molar-refractivity contribution in [3.8, 4) is 0 Å². The normalized spacial score (nSPS) is 12.2. The van der Waals surface area contributed by atoms with E-state index in [0.29, 0.717) is 17.8 Å². The van der Waals surface area contributed by atoms with E-state index < -0.39 is 34.3 Å². The number of rotatable bonds is 11. The number of sulfonamides is 1. The van der Waals surface area contributed by atoms with Gasteiger partial charge in [0.1, 0.15) is 18.4 Å². The van der Waals surface area contributed by atoms with Crippen LogP contribution in [-0.4, -0.2) is 50.5 Å². The SMILES string of the molecule is CCCCNC(=O)[C@@H](C)N(Cc1ccc(F)cc1)C(=O)CN(c1cccc(C)c1)S(C)(=O)=O. The van der Waals surface area contributed by atoms with Crippen LogP contribution in [0, 0.1) is 12.7 Å². The van der Waals surface area contributed by atoms with Crippen LogP contribution in [0.5, 0.6) is 0 Å². The van der Waals surface area contributed by atoms with E-state index in [1.807, 2.05) is 19.9 Å². The van der Waals surface area contributed by atoms with Crippen molar-refractivity contribution in [3.05, 3.63) is 65.5 Å². The summed E-state index contributed by atoms with van der Waals surface area (Å²) in [5.74, 6) is -1.28. The fourth-order valence-electron chi connectivity index (χ4n) is 3.30. The number of aryl methyl sites for hydroxylation is 1. The molecule has 2 aromatic rings. The van der Waals surface area contributed by atoms with Gasteiger partial charge in [0, 0.05) is 13.1 Å². The second kappa shape index (κ2) is 11.8. The van der Waals surface area contributed by atoms with Gasteiger partial charge in [0.05, 0.1) is 11.9 Å². The Morgan fingerprint density at radius 3 is 2.36 bits per heavy atom. The molecule has 0 fully saturated rings. The van der Waals surface area contributed by atoms with Gasteiger partial charge in [0.15, 0.2) is 0 Å². The first-order valence-corrected chi connectivity index (χ1v) is 12.7. The highest BCUT2D eigenvalue weighted by atomic mass is 32.2. The average molecular weight is 478 g/mol. The van der Waals surface area contributed by atoms with Crippen LogP contribution in [0.2, 0.25) is 0 Å². The summed E-state index contributed by atoms with van der Waals surface area (Å²) in [4.78, 5) is 27.4. The maximum atomic E-state index is 13.4. The van der Waals surface area contributed by atoms with Crippen molar-refractivity contribution >= 4 is 27.5 Å². The number of benzene rings is 2. The van der Waals surface area contributed by atoms with E-state index in [1.54, 1.807) is 25.1 Å². The molecule has 2 aromatic carbocycles. The molecule has 1 N–H and O–H groups in total. The number of amides is 2. The molecule has 9 heteroatoms. The molecule has 0 aromatic heterocycles. The van der Waals surface area contributed by atoms with Crippen LogP contribution in [0.1, 0.15) is 37.8 Å². The van der Waals surface area contributed by atoms with Crippen LogP contribution in [0.4, 0.5) is 10.1 Å². The first-order chi connectivity index (χ1) is 15.5. The third-order valence-electron chi connectivity index (χ3n) is 5.23. The van der Waals surface area contributed by atoms with E-state index in [1.165, 1.54) is 29.2 Å². The lowest BCUT2D eigenvalue weighted by Gasteiger charge is -2.31. The Morgan fingerprint density at radius 2 is 1.79 bits per heavy atom. The Hall–Kier alpha value is -2.94. The molecule has 0 spiro atoms. The second-order valence-corrected chi connectivity index (χ2v) is 9.98. The topological polar surface area (TPSA) is 86.8 Å². The van der Waals surface area contributed by atoms with Gasteiger partial charge in [0.25, 0.3) is 0 Å². The van der Waals surface area contributed by atoms with Gasteiger partial charge in [-0.3, -0.25) is 13.9 Å². The molecule has 180 valence electrons. The van der Waals surface area contributed by atoms with Gasteiger partial charge in [-0.25, -0.2) is 12.8 Å². The van der Waals surface area contributed by atoms with Crippen LogP contribution in [0.15, 0.2) is 48.5 Å². The largest absolute Gasteiger partial charge is 0.354 e. The van der Waals surface area contributed by atoms with Gasteiger partial charge in [-0.05, 0) is 55.7 Å². The molecule has 2 amide bonds. The number of anilines is 1. The van der Waals surface area contributed by atoms with Crippen molar-refractivity contribution in [1.82, 2.24) is 10.2 Å². The standard InChI is InChI=1S/C24H32FN3O4S/c1-5-6-14-26-24(30)19(3)27(16-20-10-12-21(25)13-11-20)23(29)17-28(33(4,31)32)22-9-7-8-18(2)15-22/h7-13,15,19H,5-6,14,16-17H2,1-4H3,(H,26,30)/t19-/m1/s1. The highest BCUT2D eigenvalue weighted by Gasteiger charge is 2.30. The lowest BCUT2D eigenvalue weighted by molar-refractivity contribution is -0.139.